The van der Waals surface area contributed by atoms with Crippen LogP contribution in [0.1, 0.15) is 31.2 Å². The Morgan fingerprint density at radius 2 is 1.85 bits per heavy atom. The molecule has 5 nitrogen and oxygen atoms in total. The van der Waals surface area contributed by atoms with E-state index >= 15 is 0 Å². The van der Waals surface area contributed by atoms with Crippen LogP contribution in [-0.4, -0.2) is 32.0 Å². The molecule has 1 saturated heterocycles. The third-order valence-electron chi connectivity index (χ3n) is 3.45. The lowest BCUT2D eigenvalue weighted by molar-refractivity contribution is -0.133. The zero-order valence-corrected chi connectivity index (χ0v) is 12.5. The Kier molecular flexibility index (Phi) is 4.45. The summed E-state index contributed by atoms with van der Waals surface area (Å²) in [6, 6.07) is 6.49. The van der Waals surface area contributed by atoms with E-state index in [0.29, 0.717) is 12.8 Å². The van der Waals surface area contributed by atoms with E-state index < -0.39 is 22.2 Å². The van der Waals surface area contributed by atoms with E-state index in [-0.39, 0.29) is 11.3 Å². The summed E-state index contributed by atoms with van der Waals surface area (Å²) in [6.07, 6.45) is 1.54. The molecule has 0 spiro atoms. The molecule has 0 bridgehead atoms. The van der Waals surface area contributed by atoms with Crippen LogP contribution in [-0.2, 0) is 19.6 Å². The van der Waals surface area contributed by atoms with Gasteiger partial charge in [-0.15, -0.1) is 0 Å². The lowest BCUT2D eigenvalue weighted by atomic mass is 10.2. The van der Waals surface area contributed by atoms with Gasteiger partial charge >= 0.3 is 0 Å². The van der Waals surface area contributed by atoms with Gasteiger partial charge in [0.15, 0.2) is 0 Å². The molecule has 1 amide bonds. The van der Waals surface area contributed by atoms with Crippen molar-refractivity contribution in [1.82, 2.24) is 4.31 Å². The fourth-order valence-corrected chi connectivity index (χ4v) is 3.88. The summed E-state index contributed by atoms with van der Waals surface area (Å²) in [5.41, 5.74) is 0.967. The average molecular weight is 297 g/mol. The van der Waals surface area contributed by atoms with Crippen molar-refractivity contribution in [3.8, 4) is 0 Å². The van der Waals surface area contributed by atoms with E-state index in [1.165, 1.54) is 19.2 Å². The van der Waals surface area contributed by atoms with Crippen LogP contribution >= 0.6 is 0 Å². The largest absolute Gasteiger partial charge is 0.360 e. The second kappa shape index (κ2) is 5.93. The van der Waals surface area contributed by atoms with Crippen LogP contribution in [0.2, 0.25) is 0 Å². The molecule has 0 saturated carbocycles. The predicted molar refractivity (Wildman–Crippen MR) is 74.5 cm³/mol. The van der Waals surface area contributed by atoms with Gasteiger partial charge in [0.1, 0.15) is 6.23 Å². The predicted octanol–water partition coefficient (Wildman–Crippen LogP) is 2.06. The minimum absolute atomic E-state index is 0.125. The Hall–Kier alpha value is -1.40. The van der Waals surface area contributed by atoms with E-state index in [9.17, 15) is 13.2 Å². The summed E-state index contributed by atoms with van der Waals surface area (Å²) in [5.74, 6) is -0.394. The van der Waals surface area contributed by atoms with Crippen LogP contribution in [0.3, 0.4) is 0 Å². The quantitative estimate of drug-likeness (QED) is 0.856. The number of nitrogens with zero attached hydrogens (tertiary/aromatic N) is 1. The number of ether oxygens (including phenoxy) is 1. The highest BCUT2D eigenvalue weighted by molar-refractivity contribution is 7.89. The molecule has 0 aliphatic carbocycles. The van der Waals surface area contributed by atoms with E-state index in [4.69, 9.17) is 4.74 Å². The van der Waals surface area contributed by atoms with Crippen LogP contribution in [0.5, 0.6) is 0 Å². The first-order valence-electron chi connectivity index (χ1n) is 6.63. The van der Waals surface area contributed by atoms with E-state index in [1.807, 2.05) is 6.92 Å². The number of carbonyl (C=O) groups is 1. The summed E-state index contributed by atoms with van der Waals surface area (Å²) >= 11 is 0. The molecule has 1 fully saturated rings. The highest BCUT2D eigenvalue weighted by atomic mass is 32.2. The van der Waals surface area contributed by atoms with Crippen molar-refractivity contribution in [1.29, 1.82) is 0 Å². The molecule has 6 heteroatoms. The van der Waals surface area contributed by atoms with Crippen molar-refractivity contribution in [3.05, 3.63) is 29.8 Å². The molecule has 1 aliphatic heterocycles. The number of methoxy groups -OCH3 is 1. The van der Waals surface area contributed by atoms with Gasteiger partial charge in [0.05, 0.1) is 4.90 Å². The summed E-state index contributed by atoms with van der Waals surface area (Å²) in [4.78, 5) is 12.3. The van der Waals surface area contributed by atoms with Crippen LogP contribution in [0.25, 0.3) is 0 Å². The van der Waals surface area contributed by atoms with Crippen molar-refractivity contribution in [2.24, 2.45) is 0 Å². The number of benzene rings is 1. The molecular formula is C14H19NO4S. The van der Waals surface area contributed by atoms with Crippen LogP contribution in [0.4, 0.5) is 0 Å². The molecule has 1 aromatic rings. The minimum atomic E-state index is -3.85. The normalized spacial score (nSPS) is 20.8. The molecular weight excluding hydrogens is 278 g/mol. The number of hydrogen-bond donors (Lipinski definition) is 0. The van der Waals surface area contributed by atoms with Crippen LogP contribution in [0.15, 0.2) is 29.2 Å². The lowest BCUT2D eigenvalue weighted by Gasteiger charge is -2.28. The second-order valence-electron chi connectivity index (χ2n) is 4.94. The van der Waals surface area contributed by atoms with Gasteiger partial charge in [-0.1, -0.05) is 17.7 Å². The van der Waals surface area contributed by atoms with Gasteiger partial charge in [-0.25, -0.2) is 12.7 Å². The maximum absolute atomic E-state index is 12.7. The average Bonchev–Trinajstić information content (AvgIpc) is 2.60. The van der Waals surface area contributed by atoms with Gasteiger partial charge in [-0.3, -0.25) is 4.79 Å². The first kappa shape index (κ1) is 15.0. The SMILES string of the molecule is CO[C@@H]1CCCCC(=O)N1S(=O)(=O)c1ccc(C)cc1. The number of amides is 1. The van der Waals surface area contributed by atoms with Gasteiger partial charge in [0.25, 0.3) is 10.0 Å². The third-order valence-corrected chi connectivity index (χ3v) is 5.27. The zero-order valence-electron chi connectivity index (χ0n) is 11.7. The summed E-state index contributed by atoms with van der Waals surface area (Å²) < 4.78 is 31.4. The van der Waals surface area contributed by atoms with Crippen molar-refractivity contribution in [2.75, 3.05) is 7.11 Å². The Labute approximate surface area is 119 Å². The number of sulfonamides is 1. The van der Waals surface area contributed by atoms with Gasteiger partial charge in [0, 0.05) is 13.5 Å². The molecule has 1 atom stereocenters. The highest BCUT2D eigenvalue weighted by Gasteiger charge is 2.36. The molecule has 1 aliphatic rings. The topological polar surface area (TPSA) is 63.7 Å². The Morgan fingerprint density at radius 3 is 2.45 bits per heavy atom. The van der Waals surface area contributed by atoms with Gasteiger partial charge in [-0.05, 0) is 38.3 Å². The molecule has 1 heterocycles. The fraction of sp³-hybridized carbons (Fsp3) is 0.500. The zero-order chi connectivity index (χ0) is 14.8. The van der Waals surface area contributed by atoms with E-state index in [0.717, 1.165) is 16.3 Å². The Bertz CT molecular complexity index is 580. The van der Waals surface area contributed by atoms with Crippen LogP contribution < -0.4 is 0 Å². The van der Waals surface area contributed by atoms with Gasteiger partial charge in [-0.2, -0.15) is 0 Å². The molecule has 20 heavy (non-hydrogen) atoms. The molecule has 1 aromatic carbocycles. The minimum Gasteiger partial charge on any atom is -0.360 e. The first-order valence-corrected chi connectivity index (χ1v) is 8.07. The molecule has 0 radical (unpaired) electrons. The molecule has 0 N–H and O–H groups in total. The van der Waals surface area contributed by atoms with E-state index in [1.54, 1.807) is 12.1 Å². The molecule has 2 rings (SSSR count). The van der Waals surface area contributed by atoms with Gasteiger partial charge < -0.3 is 4.74 Å². The Morgan fingerprint density at radius 1 is 1.20 bits per heavy atom. The van der Waals surface area contributed by atoms with Crippen molar-refractivity contribution < 1.29 is 17.9 Å². The molecule has 110 valence electrons. The van der Waals surface area contributed by atoms with Crippen molar-refractivity contribution in [3.63, 3.8) is 0 Å². The lowest BCUT2D eigenvalue weighted by Crippen LogP contribution is -2.44. The summed E-state index contributed by atoms with van der Waals surface area (Å²) in [6.45, 7) is 1.88. The number of hydrogen-bond acceptors (Lipinski definition) is 4. The molecule has 0 aromatic heterocycles. The maximum Gasteiger partial charge on any atom is 0.268 e. The summed E-state index contributed by atoms with van der Waals surface area (Å²) in [7, 11) is -2.42. The Balaban J connectivity index is 2.43. The summed E-state index contributed by atoms with van der Waals surface area (Å²) in [5, 5.41) is 0. The van der Waals surface area contributed by atoms with Crippen LogP contribution in [0, 0.1) is 6.92 Å². The smallest absolute Gasteiger partial charge is 0.268 e. The van der Waals surface area contributed by atoms with Crippen molar-refractivity contribution >= 4 is 15.9 Å². The van der Waals surface area contributed by atoms with Gasteiger partial charge in [0.2, 0.25) is 5.91 Å². The van der Waals surface area contributed by atoms with Crippen molar-refractivity contribution in [2.45, 2.75) is 43.7 Å². The second-order valence-corrected chi connectivity index (χ2v) is 6.76. The molecule has 0 unspecified atom stereocenters. The highest BCUT2D eigenvalue weighted by Crippen LogP contribution is 2.26. The first-order chi connectivity index (χ1) is 9.46. The monoisotopic (exact) mass is 297 g/mol. The number of aryl methyl sites for hydroxylation is 1. The number of rotatable bonds is 3. The van der Waals surface area contributed by atoms with E-state index in [2.05, 4.69) is 0 Å². The fourth-order valence-electron chi connectivity index (χ4n) is 2.31. The standard InChI is InChI=1S/C14H19NO4S/c1-11-7-9-12(10-8-11)20(17,18)15-13(16)5-3-4-6-14(15)19-2/h7-10,14H,3-6H2,1-2H3/t14-/m1/s1. The maximum atomic E-state index is 12.7. The third kappa shape index (κ3) is 2.86. The number of carbonyl (C=O) groups excluding carboxylic acids is 1.